The third-order valence-corrected chi connectivity index (χ3v) is 3.67. The third-order valence-electron chi connectivity index (χ3n) is 2.32. The van der Waals surface area contributed by atoms with Crippen LogP contribution in [0.5, 0.6) is 0 Å². The Morgan fingerprint density at radius 1 is 0.789 bits per heavy atom. The second-order valence-corrected chi connectivity index (χ2v) is 5.26. The fourth-order valence-corrected chi connectivity index (χ4v) is 2.19. The zero-order valence-electron chi connectivity index (χ0n) is 9.58. The molecule has 0 aromatic heterocycles. The molecule has 0 unspecified atom stereocenters. The molecule has 0 fully saturated rings. The van der Waals surface area contributed by atoms with Crippen LogP contribution in [0.2, 0.25) is 15.1 Å². The Morgan fingerprint density at radius 3 is 2.11 bits per heavy atom. The van der Waals surface area contributed by atoms with Crippen molar-refractivity contribution < 1.29 is 0 Å². The van der Waals surface area contributed by atoms with E-state index in [0.29, 0.717) is 25.9 Å². The molecular formula is C13H9Cl3N2S. The summed E-state index contributed by atoms with van der Waals surface area (Å²) in [6.07, 6.45) is 0. The molecule has 2 N–H and O–H groups in total. The molecule has 0 aliphatic heterocycles. The molecule has 6 heteroatoms. The first-order valence-electron chi connectivity index (χ1n) is 5.34. The molecule has 0 spiro atoms. The summed E-state index contributed by atoms with van der Waals surface area (Å²) in [6.45, 7) is 0. The minimum atomic E-state index is 0.386. The van der Waals surface area contributed by atoms with E-state index in [4.69, 9.17) is 47.0 Å². The van der Waals surface area contributed by atoms with E-state index in [0.717, 1.165) is 5.69 Å². The largest absolute Gasteiger partial charge is 0.331 e. The number of rotatable bonds is 2. The van der Waals surface area contributed by atoms with Gasteiger partial charge in [-0.2, -0.15) is 0 Å². The zero-order valence-corrected chi connectivity index (χ0v) is 12.7. The Balaban J connectivity index is 2.10. The summed E-state index contributed by atoms with van der Waals surface area (Å²) in [6, 6.07) is 12.6. The highest BCUT2D eigenvalue weighted by atomic mass is 35.5. The van der Waals surface area contributed by atoms with Gasteiger partial charge in [-0.15, -0.1) is 0 Å². The van der Waals surface area contributed by atoms with E-state index < -0.39 is 0 Å². The molecule has 0 aliphatic carbocycles. The number of thiocarbonyl (C=S) groups is 1. The second kappa shape index (κ2) is 6.44. The van der Waals surface area contributed by atoms with E-state index in [2.05, 4.69) is 10.6 Å². The van der Waals surface area contributed by atoms with Gasteiger partial charge in [0.25, 0.3) is 0 Å². The molecule has 2 nitrogen and oxygen atoms in total. The van der Waals surface area contributed by atoms with Crippen molar-refractivity contribution in [1.29, 1.82) is 0 Å². The summed E-state index contributed by atoms with van der Waals surface area (Å²) in [5, 5.41) is 7.83. The van der Waals surface area contributed by atoms with E-state index in [-0.39, 0.29) is 0 Å². The Kier molecular flexibility index (Phi) is 4.88. The molecule has 0 bridgehead atoms. The monoisotopic (exact) mass is 330 g/mol. The van der Waals surface area contributed by atoms with Crippen molar-refractivity contribution in [3.8, 4) is 0 Å². The SMILES string of the molecule is S=C(Nc1ccccc1Cl)Nc1cccc(Cl)c1Cl. The number of hydrogen-bond donors (Lipinski definition) is 2. The Hall–Kier alpha value is -1.000. The normalized spacial score (nSPS) is 10.1. The van der Waals surface area contributed by atoms with Gasteiger partial charge in [0.15, 0.2) is 5.11 Å². The smallest absolute Gasteiger partial charge is 0.175 e. The number of benzene rings is 2. The Morgan fingerprint density at radius 2 is 1.37 bits per heavy atom. The lowest BCUT2D eigenvalue weighted by molar-refractivity contribution is 1.59. The van der Waals surface area contributed by atoms with Crippen LogP contribution in [0.15, 0.2) is 42.5 Å². The predicted octanol–water partition coefficient (Wildman–Crippen LogP) is 5.46. The molecule has 2 aromatic carbocycles. The second-order valence-electron chi connectivity index (χ2n) is 3.66. The quantitative estimate of drug-likeness (QED) is 0.715. The average molecular weight is 332 g/mol. The molecule has 0 amide bonds. The van der Waals surface area contributed by atoms with Crippen LogP contribution in [-0.2, 0) is 0 Å². The third kappa shape index (κ3) is 3.74. The number of anilines is 2. The van der Waals surface area contributed by atoms with Crippen molar-refractivity contribution in [2.75, 3.05) is 10.6 Å². The van der Waals surface area contributed by atoms with Gasteiger partial charge >= 0.3 is 0 Å². The van der Waals surface area contributed by atoms with Crippen LogP contribution in [0.1, 0.15) is 0 Å². The molecule has 0 atom stereocenters. The van der Waals surface area contributed by atoms with Crippen LogP contribution in [0.4, 0.5) is 11.4 Å². The van der Waals surface area contributed by atoms with Gasteiger partial charge < -0.3 is 10.6 Å². The predicted molar refractivity (Wildman–Crippen MR) is 87.8 cm³/mol. The summed E-state index contributed by atoms with van der Waals surface area (Å²) in [4.78, 5) is 0. The van der Waals surface area contributed by atoms with Crippen LogP contribution in [-0.4, -0.2) is 5.11 Å². The van der Waals surface area contributed by atoms with Gasteiger partial charge in [-0.25, -0.2) is 0 Å². The summed E-state index contributed by atoms with van der Waals surface area (Å²) >= 11 is 23.2. The maximum absolute atomic E-state index is 6.06. The van der Waals surface area contributed by atoms with Crippen molar-refractivity contribution in [2.24, 2.45) is 0 Å². The van der Waals surface area contributed by atoms with Crippen LogP contribution < -0.4 is 10.6 Å². The van der Waals surface area contributed by atoms with Gasteiger partial charge in [-0.3, -0.25) is 0 Å². The molecular weight excluding hydrogens is 323 g/mol. The summed E-state index contributed by atoms with van der Waals surface area (Å²) < 4.78 is 0. The first kappa shape index (κ1) is 14.4. The minimum absolute atomic E-state index is 0.386. The van der Waals surface area contributed by atoms with E-state index in [9.17, 15) is 0 Å². The molecule has 2 aromatic rings. The summed E-state index contributed by atoms with van der Waals surface area (Å²) in [5.74, 6) is 0. The summed E-state index contributed by atoms with van der Waals surface area (Å²) in [5.41, 5.74) is 1.36. The minimum Gasteiger partial charge on any atom is -0.331 e. The highest BCUT2D eigenvalue weighted by Crippen LogP contribution is 2.29. The molecule has 0 heterocycles. The highest BCUT2D eigenvalue weighted by Gasteiger charge is 2.07. The Bertz CT molecular complexity index is 617. The van der Waals surface area contributed by atoms with Crippen LogP contribution in [0, 0.1) is 0 Å². The van der Waals surface area contributed by atoms with Crippen molar-refractivity contribution in [3.05, 3.63) is 57.5 Å². The maximum atomic E-state index is 6.06. The molecule has 2 rings (SSSR count). The first-order chi connectivity index (χ1) is 9.08. The van der Waals surface area contributed by atoms with E-state index in [1.54, 1.807) is 24.3 Å². The molecule has 0 radical (unpaired) electrons. The molecule has 0 aliphatic rings. The lowest BCUT2D eigenvalue weighted by Crippen LogP contribution is -2.19. The summed E-state index contributed by atoms with van der Waals surface area (Å²) in [7, 11) is 0. The van der Waals surface area contributed by atoms with E-state index >= 15 is 0 Å². The molecule has 98 valence electrons. The van der Waals surface area contributed by atoms with Crippen molar-refractivity contribution in [2.45, 2.75) is 0 Å². The fraction of sp³-hybridized carbons (Fsp3) is 0. The number of hydrogen-bond acceptors (Lipinski definition) is 1. The van der Waals surface area contributed by atoms with Gasteiger partial charge in [0, 0.05) is 0 Å². The highest BCUT2D eigenvalue weighted by molar-refractivity contribution is 7.80. The van der Waals surface area contributed by atoms with Gasteiger partial charge in [0.05, 0.1) is 26.4 Å². The first-order valence-corrected chi connectivity index (χ1v) is 6.88. The van der Waals surface area contributed by atoms with Crippen LogP contribution in [0.25, 0.3) is 0 Å². The van der Waals surface area contributed by atoms with Crippen LogP contribution >= 0.6 is 47.0 Å². The van der Waals surface area contributed by atoms with Crippen molar-refractivity contribution in [1.82, 2.24) is 0 Å². The van der Waals surface area contributed by atoms with Gasteiger partial charge in [0.1, 0.15) is 0 Å². The van der Waals surface area contributed by atoms with E-state index in [1.807, 2.05) is 18.2 Å². The average Bonchev–Trinajstić information content (AvgIpc) is 2.38. The van der Waals surface area contributed by atoms with Crippen molar-refractivity contribution in [3.63, 3.8) is 0 Å². The molecule has 0 saturated carbocycles. The molecule has 0 saturated heterocycles. The Labute approximate surface area is 131 Å². The van der Waals surface area contributed by atoms with Crippen LogP contribution in [0.3, 0.4) is 0 Å². The number of nitrogens with one attached hydrogen (secondary N) is 2. The number of halogens is 3. The van der Waals surface area contributed by atoms with Gasteiger partial charge in [0.2, 0.25) is 0 Å². The van der Waals surface area contributed by atoms with E-state index in [1.165, 1.54) is 0 Å². The van der Waals surface area contributed by atoms with Gasteiger partial charge in [-0.1, -0.05) is 53.0 Å². The van der Waals surface area contributed by atoms with Gasteiger partial charge in [-0.05, 0) is 36.5 Å². The standard InChI is InChI=1S/C13H9Cl3N2S/c14-8-4-1-2-6-10(8)17-13(19)18-11-7-3-5-9(15)12(11)16/h1-7H,(H2,17,18,19). The zero-order chi connectivity index (χ0) is 13.8. The fourth-order valence-electron chi connectivity index (χ4n) is 1.44. The maximum Gasteiger partial charge on any atom is 0.175 e. The van der Waals surface area contributed by atoms with Crippen molar-refractivity contribution >= 4 is 63.5 Å². The lowest BCUT2D eigenvalue weighted by Gasteiger charge is -2.13. The molecule has 19 heavy (non-hydrogen) atoms. The number of para-hydroxylation sites is 1. The lowest BCUT2D eigenvalue weighted by atomic mass is 10.3. The topological polar surface area (TPSA) is 24.1 Å².